The van der Waals surface area contributed by atoms with Crippen molar-refractivity contribution in [2.24, 2.45) is 0 Å². The lowest BCUT2D eigenvalue weighted by Gasteiger charge is -2.23. The number of anilines is 2. The summed E-state index contributed by atoms with van der Waals surface area (Å²) in [7, 11) is 0. The zero-order chi connectivity index (χ0) is 24.2. The molecular weight excluding hydrogens is 436 g/mol. The number of hydrogen-bond acceptors (Lipinski definition) is 9. The normalized spacial score (nSPS) is 11.8. The minimum atomic E-state index is 0.0468. The smallest absolute Gasteiger partial charge is 0.234 e. The van der Waals surface area contributed by atoms with E-state index in [4.69, 9.17) is 5.26 Å². The molecule has 0 saturated carbocycles. The van der Waals surface area contributed by atoms with Gasteiger partial charge in [0.05, 0.1) is 18.4 Å². The molecule has 0 aromatic carbocycles. The van der Waals surface area contributed by atoms with Gasteiger partial charge in [0.25, 0.3) is 0 Å². The zero-order valence-electron chi connectivity index (χ0n) is 19.8. The predicted molar refractivity (Wildman–Crippen MR) is 129 cm³/mol. The molecule has 1 unspecified atom stereocenters. The van der Waals surface area contributed by atoms with E-state index in [1.807, 2.05) is 13.8 Å². The summed E-state index contributed by atoms with van der Waals surface area (Å²) in [5, 5.41) is 25.4. The lowest BCUT2D eigenvalue weighted by molar-refractivity contribution is -0.122. The van der Waals surface area contributed by atoms with Gasteiger partial charge < -0.3 is 10.6 Å². The number of nitrogens with one attached hydrogen (secondary N) is 2. The molecule has 0 aliphatic rings. The molecule has 2 aromatic heterocycles. The maximum atomic E-state index is 12.2. The Morgan fingerprint density at radius 2 is 1.97 bits per heavy atom. The molecule has 176 valence electrons. The van der Waals surface area contributed by atoms with Gasteiger partial charge in [0.15, 0.2) is 10.9 Å². The first-order chi connectivity index (χ1) is 15.9. The molecule has 33 heavy (non-hydrogen) atoms. The van der Waals surface area contributed by atoms with Crippen LogP contribution in [0.2, 0.25) is 0 Å². The first kappa shape index (κ1) is 26.2. The Labute approximate surface area is 199 Å². The molecule has 0 aliphatic carbocycles. The van der Waals surface area contributed by atoms with Crippen LogP contribution in [0.5, 0.6) is 0 Å². The number of hydrogen-bond donors (Lipinski definition) is 2. The van der Waals surface area contributed by atoms with Crippen LogP contribution in [0.3, 0.4) is 0 Å². The number of carbonyl (C=O) groups excluding carboxylic acids is 1. The van der Waals surface area contributed by atoms with Crippen molar-refractivity contribution in [2.45, 2.75) is 65.3 Å². The van der Waals surface area contributed by atoms with Crippen molar-refractivity contribution in [3.8, 4) is 12.1 Å². The van der Waals surface area contributed by atoms with Gasteiger partial charge in [0, 0.05) is 12.0 Å². The van der Waals surface area contributed by atoms with Crippen molar-refractivity contribution in [3.05, 3.63) is 28.7 Å². The van der Waals surface area contributed by atoms with Crippen molar-refractivity contribution in [1.82, 2.24) is 25.2 Å². The standard InChI is InChI=1S/C23H32N8OS/c1-5-9-31(14-20(32)29-16(3)4)10-7-8-17(6-2)21-19(12-25)22(28-15-27-21)30-23-26-13-18(11-24)33-23/h13,15-17H,5-10,14H2,1-4H3,(H,29,32)(H,26,27,28,30). The van der Waals surface area contributed by atoms with Crippen LogP contribution in [0, 0.1) is 22.7 Å². The molecule has 2 N–H and O–H groups in total. The Bertz CT molecular complexity index is 991. The summed E-state index contributed by atoms with van der Waals surface area (Å²) in [5.41, 5.74) is 1.12. The third-order valence-electron chi connectivity index (χ3n) is 5.09. The number of rotatable bonds is 13. The van der Waals surface area contributed by atoms with E-state index in [0.717, 1.165) is 38.8 Å². The fourth-order valence-corrected chi connectivity index (χ4v) is 4.26. The molecular formula is C23H32N8OS. The summed E-state index contributed by atoms with van der Waals surface area (Å²) < 4.78 is 0. The maximum Gasteiger partial charge on any atom is 0.234 e. The Balaban J connectivity index is 2.07. The van der Waals surface area contributed by atoms with Crippen LogP contribution in [-0.4, -0.2) is 51.4 Å². The van der Waals surface area contributed by atoms with E-state index in [-0.39, 0.29) is 17.9 Å². The van der Waals surface area contributed by atoms with E-state index in [0.29, 0.717) is 33.6 Å². The highest BCUT2D eigenvalue weighted by Crippen LogP contribution is 2.30. The van der Waals surface area contributed by atoms with Crippen LogP contribution in [0.4, 0.5) is 10.9 Å². The third-order valence-corrected chi connectivity index (χ3v) is 5.91. The summed E-state index contributed by atoms with van der Waals surface area (Å²) in [4.78, 5) is 27.7. The zero-order valence-corrected chi connectivity index (χ0v) is 20.6. The monoisotopic (exact) mass is 468 g/mol. The van der Waals surface area contributed by atoms with Gasteiger partial charge in [-0.3, -0.25) is 9.69 Å². The van der Waals surface area contributed by atoms with Gasteiger partial charge in [-0.2, -0.15) is 10.5 Å². The summed E-state index contributed by atoms with van der Waals surface area (Å²) in [6, 6.07) is 4.43. The highest BCUT2D eigenvalue weighted by atomic mass is 32.1. The second-order valence-electron chi connectivity index (χ2n) is 8.11. The van der Waals surface area contributed by atoms with Crippen LogP contribution in [-0.2, 0) is 4.79 Å². The predicted octanol–water partition coefficient (Wildman–Crippen LogP) is 3.93. The van der Waals surface area contributed by atoms with Gasteiger partial charge in [-0.15, -0.1) is 0 Å². The molecule has 9 nitrogen and oxygen atoms in total. The first-order valence-corrected chi connectivity index (χ1v) is 12.1. The van der Waals surface area contributed by atoms with Crippen LogP contribution in [0.25, 0.3) is 0 Å². The first-order valence-electron chi connectivity index (χ1n) is 11.3. The fraction of sp³-hybridized carbons (Fsp3) is 0.565. The van der Waals surface area contributed by atoms with Gasteiger partial charge >= 0.3 is 0 Å². The van der Waals surface area contributed by atoms with E-state index in [1.54, 1.807) is 0 Å². The molecule has 0 spiro atoms. The van der Waals surface area contributed by atoms with Gasteiger partial charge in [-0.25, -0.2) is 15.0 Å². The van der Waals surface area contributed by atoms with Crippen molar-refractivity contribution in [1.29, 1.82) is 10.5 Å². The Kier molecular flexibility index (Phi) is 10.7. The summed E-state index contributed by atoms with van der Waals surface area (Å²) in [6.07, 6.45) is 6.50. The van der Waals surface area contributed by atoms with E-state index < -0.39 is 0 Å². The Hall–Kier alpha value is -3.08. The molecule has 10 heteroatoms. The van der Waals surface area contributed by atoms with E-state index in [1.165, 1.54) is 23.9 Å². The van der Waals surface area contributed by atoms with Crippen molar-refractivity contribution < 1.29 is 4.79 Å². The second-order valence-corrected chi connectivity index (χ2v) is 9.14. The van der Waals surface area contributed by atoms with Crippen molar-refractivity contribution in [2.75, 3.05) is 25.0 Å². The number of thiazole rings is 1. The molecule has 0 saturated heterocycles. The minimum Gasteiger partial charge on any atom is -0.353 e. The SMILES string of the molecule is CCCN(CCCC(CC)c1ncnc(Nc2ncc(C#N)s2)c1C#N)CC(=O)NC(C)C. The largest absolute Gasteiger partial charge is 0.353 e. The lowest BCUT2D eigenvalue weighted by atomic mass is 9.93. The molecule has 1 amide bonds. The summed E-state index contributed by atoms with van der Waals surface area (Å²) in [5.74, 6) is 0.547. The quantitative estimate of drug-likeness (QED) is 0.452. The molecule has 0 fully saturated rings. The van der Waals surface area contributed by atoms with Crippen LogP contribution >= 0.6 is 11.3 Å². The van der Waals surface area contributed by atoms with Crippen LogP contribution in [0.1, 0.15) is 75.4 Å². The Morgan fingerprint density at radius 1 is 1.18 bits per heavy atom. The average Bonchev–Trinajstić information content (AvgIpc) is 3.23. The van der Waals surface area contributed by atoms with Gasteiger partial charge in [-0.05, 0) is 52.6 Å². The number of carbonyl (C=O) groups is 1. The van der Waals surface area contributed by atoms with Gasteiger partial charge in [0.1, 0.15) is 28.9 Å². The van der Waals surface area contributed by atoms with Crippen LogP contribution in [0.15, 0.2) is 12.5 Å². The second kappa shape index (κ2) is 13.5. The topological polar surface area (TPSA) is 131 Å². The summed E-state index contributed by atoms with van der Waals surface area (Å²) in [6.45, 7) is 10.2. The molecule has 2 aromatic rings. The molecule has 0 radical (unpaired) electrons. The molecule has 2 rings (SSSR count). The molecule has 0 bridgehead atoms. The molecule has 0 aliphatic heterocycles. The molecule has 1 atom stereocenters. The number of nitriles is 2. The maximum absolute atomic E-state index is 12.2. The molecule has 2 heterocycles. The minimum absolute atomic E-state index is 0.0468. The number of aromatic nitrogens is 3. The van der Waals surface area contributed by atoms with E-state index >= 15 is 0 Å². The average molecular weight is 469 g/mol. The van der Waals surface area contributed by atoms with Crippen molar-refractivity contribution in [3.63, 3.8) is 0 Å². The lowest BCUT2D eigenvalue weighted by Crippen LogP contribution is -2.40. The highest BCUT2D eigenvalue weighted by Gasteiger charge is 2.20. The third kappa shape index (κ3) is 8.08. The fourth-order valence-electron chi connectivity index (χ4n) is 3.65. The summed E-state index contributed by atoms with van der Waals surface area (Å²) >= 11 is 1.21. The Morgan fingerprint density at radius 3 is 2.58 bits per heavy atom. The van der Waals surface area contributed by atoms with Crippen molar-refractivity contribution >= 4 is 28.2 Å². The van der Waals surface area contributed by atoms with Gasteiger partial charge in [-0.1, -0.05) is 25.2 Å². The highest BCUT2D eigenvalue weighted by molar-refractivity contribution is 7.16. The van der Waals surface area contributed by atoms with Crippen LogP contribution < -0.4 is 10.6 Å². The van der Waals surface area contributed by atoms with Gasteiger partial charge in [0.2, 0.25) is 5.91 Å². The van der Waals surface area contributed by atoms with E-state index in [9.17, 15) is 10.1 Å². The number of nitrogens with zero attached hydrogens (tertiary/aromatic N) is 6. The van der Waals surface area contributed by atoms with E-state index in [2.05, 4.69) is 56.5 Å². The number of amides is 1.